The van der Waals surface area contributed by atoms with Gasteiger partial charge in [0.25, 0.3) is 0 Å². The van der Waals surface area contributed by atoms with E-state index >= 15 is 0 Å². The molecule has 1 amide bonds. The zero-order valence-corrected chi connectivity index (χ0v) is 16.6. The van der Waals surface area contributed by atoms with Gasteiger partial charge in [0.05, 0.1) is 19.8 Å². The molecule has 2 fully saturated rings. The van der Waals surface area contributed by atoms with Crippen LogP contribution in [-0.2, 0) is 16.1 Å². The molecular formula is C24H26FNO3. The summed E-state index contributed by atoms with van der Waals surface area (Å²) in [5, 5.41) is 0. The molecule has 0 atom stereocenters. The molecule has 29 heavy (non-hydrogen) atoms. The van der Waals surface area contributed by atoms with E-state index in [0.717, 1.165) is 37.4 Å². The summed E-state index contributed by atoms with van der Waals surface area (Å²) in [7, 11) is 0. The summed E-state index contributed by atoms with van der Waals surface area (Å²) in [5.74, 6) is 0.479. The number of amides is 1. The number of ether oxygens (including phenoxy) is 2. The van der Waals surface area contributed by atoms with Crippen molar-refractivity contribution in [3.63, 3.8) is 0 Å². The molecule has 5 heteroatoms. The maximum absolute atomic E-state index is 13.3. The second kappa shape index (κ2) is 8.37. The van der Waals surface area contributed by atoms with Gasteiger partial charge in [0.1, 0.15) is 11.6 Å². The van der Waals surface area contributed by atoms with Crippen LogP contribution in [0.5, 0.6) is 5.75 Å². The van der Waals surface area contributed by atoms with Crippen molar-refractivity contribution in [2.24, 2.45) is 5.41 Å². The van der Waals surface area contributed by atoms with Crippen LogP contribution in [0.3, 0.4) is 0 Å². The Bertz CT molecular complexity index is 885. The van der Waals surface area contributed by atoms with Crippen LogP contribution in [0.4, 0.5) is 4.39 Å². The molecule has 0 unspecified atom stereocenters. The number of hydrogen-bond donors (Lipinski definition) is 0. The molecule has 2 aromatic rings. The number of rotatable bonds is 8. The third-order valence-corrected chi connectivity index (χ3v) is 5.30. The van der Waals surface area contributed by atoms with Crippen LogP contribution in [0.25, 0.3) is 6.08 Å². The molecular weight excluding hydrogens is 369 g/mol. The Labute approximate surface area is 170 Å². The van der Waals surface area contributed by atoms with Crippen LogP contribution < -0.4 is 4.74 Å². The van der Waals surface area contributed by atoms with E-state index < -0.39 is 0 Å². The van der Waals surface area contributed by atoms with Gasteiger partial charge in [-0.2, -0.15) is 0 Å². The highest BCUT2D eigenvalue weighted by molar-refractivity contribution is 5.92. The SMILES string of the molecule is CC1(COc2ccc(CN(C(=O)C=Cc3cccc(F)c3)C3CC3)cc2)COC1. The summed E-state index contributed by atoms with van der Waals surface area (Å²) in [4.78, 5) is 14.6. The molecule has 1 heterocycles. The van der Waals surface area contributed by atoms with Crippen LogP contribution in [-0.4, -0.2) is 36.7 Å². The minimum absolute atomic E-state index is 0.0463. The Morgan fingerprint density at radius 2 is 2.00 bits per heavy atom. The molecule has 0 bridgehead atoms. The number of hydrogen-bond acceptors (Lipinski definition) is 3. The molecule has 4 rings (SSSR count). The van der Waals surface area contributed by atoms with Crippen molar-refractivity contribution < 1.29 is 18.7 Å². The molecule has 1 aliphatic heterocycles. The monoisotopic (exact) mass is 395 g/mol. The van der Waals surface area contributed by atoms with E-state index in [1.165, 1.54) is 18.2 Å². The number of benzene rings is 2. The maximum atomic E-state index is 13.3. The van der Waals surface area contributed by atoms with E-state index in [0.29, 0.717) is 18.7 Å². The zero-order valence-electron chi connectivity index (χ0n) is 16.6. The van der Waals surface area contributed by atoms with Gasteiger partial charge in [-0.1, -0.05) is 31.2 Å². The van der Waals surface area contributed by atoms with Crippen molar-refractivity contribution in [2.75, 3.05) is 19.8 Å². The first kappa shape index (κ1) is 19.6. The summed E-state index contributed by atoms with van der Waals surface area (Å²) in [6.45, 7) is 4.84. The molecule has 2 aromatic carbocycles. The topological polar surface area (TPSA) is 38.8 Å². The van der Waals surface area contributed by atoms with Crippen molar-refractivity contribution >= 4 is 12.0 Å². The second-order valence-corrected chi connectivity index (χ2v) is 8.32. The first-order chi connectivity index (χ1) is 14.0. The van der Waals surface area contributed by atoms with Crippen LogP contribution >= 0.6 is 0 Å². The van der Waals surface area contributed by atoms with Crippen molar-refractivity contribution in [3.05, 3.63) is 71.6 Å². The lowest BCUT2D eigenvalue weighted by Gasteiger charge is -2.37. The van der Waals surface area contributed by atoms with E-state index in [2.05, 4.69) is 6.92 Å². The van der Waals surface area contributed by atoms with Crippen molar-refractivity contribution in [3.8, 4) is 5.75 Å². The highest BCUT2D eigenvalue weighted by Gasteiger charge is 2.34. The zero-order chi connectivity index (χ0) is 20.3. The third kappa shape index (κ3) is 5.24. The lowest BCUT2D eigenvalue weighted by Crippen LogP contribution is -2.44. The van der Waals surface area contributed by atoms with Gasteiger partial charge in [0, 0.05) is 24.1 Å². The molecule has 0 spiro atoms. The van der Waals surface area contributed by atoms with E-state index in [-0.39, 0.29) is 23.2 Å². The second-order valence-electron chi connectivity index (χ2n) is 8.32. The average molecular weight is 395 g/mol. The number of carbonyl (C=O) groups is 1. The highest BCUT2D eigenvalue weighted by Crippen LogP contribution is 2.30. The van der Waals surface area contributed by atoms with E-state index in [4.69, 9.17) is 9.47 Å². The molecule has 0 radical (unpaired) electrons. The number of carbonyl (C=O) groups excluding carboxylic acids is 1. The van der Waals surface area contributed by atoms with Crippen LogP contribution in [0.2, 0.25) is 0 Å². The standard InChI is InChI=1S/C24H26FNO3/c1-24(15-28-16-24)17-29-22-10-5-19(6-11-22)14-26(21-8-9-21)23(27)12-7-18-3-2-4-20(25)13-18/h2-7,10-13,21H,8-9,14-17H2,1H3. The van der Waals surface area contributed by atoms with Gasteiger partial charge in [-0.3, -0.25) is 4.79 Å². The van der Waals surface area contributed by atoms with Gasteiger partial charge in [0.2, 0.25) is 5.91 Å². The minimum Gasteiger partial charge on any atom is -0.493 e. The van der Waals surface area contributed by atoms with Gasteiger partial charge in [0.15, 0.2) is 0 Å². The Kier molecular flexibility index (Phi) is 5.67. The van der Waals surface area contributed by atoms with Crippen molar-refractivity contribution in [1.82, 2.24) is 4.90 Å². The Morgan fingerprint density at radius 1 is 1.24 bits per heavy atom. The smallest absolute Gasteiger partial charge is 0.247 e. The largest absolute Gasteiger partial charge is 0.493 e. The van der Waals surface area contributed by atoms with Crippen LogP contribution in [0.1, 0.15) is 30.9 Å². The number of nitrogens with zero attached hydrogens (tertiary/aromatic N) is 1. The summed E-state index contributed by atoms with van der Waals surface area (Å²) >= 11 is 0. The first-order valence-electron chi connectivity index (χ1n) is 10.0. The first-order valence-corrected chi connectivity index (χ1v) is 10.0. The van der Waals surface area contributed by atoms with Crippen LogP contribution in [0.15, 0.2) is 54.6 Å². The van der Waals surface area contributed by atoms with E-state index in [1.54, 1.807) is 18.2 Å². The molecule has 1 aliphatic carbocycles. The van der Waals surface area contributed by atoms with Crippen molar-refractivity contribution in [1.29, 1.82) is 0 Å². The fourth-order valence-electron chi connectivity index (χ4n) is 3.33. The lowest BCUT2D eigenvalue weighted by atomic mass is 9.90. The normalized spacial score (nSPS) is 17.7. The minimum atomic E-state index is -0.306. The predicted octanol–water partition coefficient (Wildman–Crippen LogP) is 4.45. The lowest BCUT2D eigenvalue weighted by molar-refractivity contribution is -0.127. The summed E-state index contributed by atoms with van der Waals surface area (Å²) in [5.41, 5.74) is 1.86. The third-order valence-electron chi connectivity index (χ3n) is 5.30. The summed E-state index contributed by atoms with van der Waals surface area (Å²) in [6, 6.07) is 14.4. The summed E-state index contributed by atoms with van der Waals surface area (Å²) in [6.07, 6.45) is 5.26. The molecule has 4 nitrogen and oxygen atoms in total. The Balaban J connectivity index is 1.36. The molecule has 1 saturated carbocycles. The quantitative estimate of drug-likeness (QED) is 0.620. The predicted molar refractivity (Wildman–Crippen MR) is 110 cm³/mol. The Morgan fingerprint density at radius 3 is 2.62 bits per heavy atom. The molecule has 1 saturated heterocycles. The molecule has 0 N–H and O–H groups in total. The van der Waals surface area contributed by atoms with Gasteiger partial charge in [-0.15, -0.1) is 0 Å². The van der Waals surface area contributed by atoms with Gasteiger partial charge < -0.3 is 14.4 Å². The highest BCUT2D eigenvalue weighted by atomic mass is 19.1. The fraction of sp³-hybridized carbons (Fsp3) is 0.375. The Hall–Kier alpha value is -2.66. The van der Waals surface area contributed by atoms with Gasteiger partial charge in [-0.25, -0.2) is 4.39 Å². The maximum Gasteiger partial charge on any atom is 0.247 e. The molecule has 152 valence electrons. The van der Waals surface area contributed by atoms with Crippen LogP contribution in [0, 0.1) is 11.2 Å². The molecule has 0 aromatic heterocycles. The fourth-order valence-corrected chi connectivity index (χ4v) is 3.33. The van der Waals surface area contributed by atoms with E-state index in [9.17, 15) is 9.18 Å². The average Bonchev–Trinajstić information content (AvgIpc) is 3.53. The summed E-state index contributed by atoms with van der Waals surface area (Å²) < 4.78 is 24.4. The van der Waals surface area contributed by atoms with Crippen molar-refractivity contribution in [2.45, 2.75) is 32.4 Å². The molecule has 2 aliphatic rings. The van der Waals surface area contributed by atoms with Gasteiger partial charge in [-0.05, 0) is 54.3 Å². The van der Waals surface area contributed by atoms with E-state index in [1.807, 2.05) is 29.2 Å². The number of halogens is 1. The van der Waals surface area contributed by atoms with Gasteiger partial charge >= 0.3 is 0 Å².